The predicted molar refractivity (Wildman–Crippen MR) is 118 cm³/mol. The van der Waals surface area contributed by atoms with Crippen molar-refractivity contribution in [2.75, 3.05) is 18.1 Å². The van der Waals surface area contributed by atoms with Crippen LogP contribution in [0.2, 0.25) is 0 Å². The molecule has 0 radical (unpaired) electrons. The first-order valence-corrected chi connectivity index (χ1v) is 10.8. The second-order valence-electron chi connectivity index (χ2n) is 7.76. The topological polar surface area (TPSA) is 55.8 Å². The predicted octanol–water partition coefficient (Wildman–Crippen LogP) is 5.36. The van der Waals surface area contributed by atoms with Gasteiger partial charge in [0.2, 0.25) is 0 Å². The molecule has 0 saturated heterocycles. The largest absolute Gasteiger partial charge is 0.493 e. The third kappa shape index (κ3) is 5.21. The number of fused-ring (bicyclic) bond motifs is 1. The average molecular weight is 410 g/mol. The molecular formula is C25H31NO4. The number of anilines is 1. The molecule has 0 bridgehead atoms. The SMILES string of the molecule is CCOC(=O)CCCCCCOc1cccc2c1CN(c1ccc(C)c(C)c1)C2=O. The molecule has 0 unspecified atom stereocenters. The Balaban J connectivity index is 1.52. The van der Waals surface area contributed by atoms with Gasteiger partial charge in [-0.15, -0.1) is 0 Å². The highest BCUT2D eigenvalue weighted by atomic mass is 16.5. The summed E-state index contributed by atoms with van der Waals surface area (Å²) in [6, 6.07) is 11.8. The second kappa shape index (κ2) is 10.3. The Morgan fingerprint density at radius 2 is 1.83 bits per heavy atom. The summed E-state index contributed by atoms with van der Waals surface area (Å²) in [4.78, 5) is 26.1. The fraction of sp³-hybridized carbons (Fsp3) is 0.440. The molecule has 0 saturated carbocycles. The molecule has 5 nitrogen and oxygen atoms in total. The number of amides is 1. The van der Waals surface area contributed by atoms with E-state index in [4.69, 9.17) is 9.47 Å². The molecule has 1 aliphatic rings. The van der Waals surface area contributed by atoms with E-state index >= 15 is 0 Å². The summed E-state index contributed by atoms with van der Waals surface area (Å²) >= 11 is 0. The Labute approximate surface area is 179 Å². The third-order valence-corrected chi connectivity index (χ3v) is 5.57. The highest BCUT2D eigenvalue weighted by Crippen LogP contribution is 2.34. The summed E-state index contributed by atoms with van der Waals surface area (Å²) in [5.74, 6) is 0.697. The zero-order valence-electron chi connectivity index (χ0n) is 18.2. The molecule has 1 heterocycles. The second-order valence-corrected chi connectivity index (χ2v) is 7.76. The Hall–Kier alpha value is -2.82. The van der Waals surface area contributed by atoms with Crippen LogP contribution in [0.1, 0.15) is 66.1 Å². The van der Waals surface area contributed by atoms with Gasteiger partial charge in [-0.2, -0.15) is 0 Å². The Bertz CT molecular complexity index is 906. The van der Waals surface area contributed by atoms with E-state index in [9.17, 15) is 9.59 Å². The average Bonchev–Trinajstić information content (AvgIpc) is 3.07. The molecule has 1 aliphatic heterocycles. The van der Waals surface area contributed by atoms with E-state index < -0.39 is 0 Å². The first-order chi connectivity index (χ1) is 14.5. The van der Waals surface area contributed by atoms with Crippen molar-refractivity contribution in [3.63, 3.8) is 0 Å². The fourth-order valence-electron chi connectivity index (χ4n) is 3.68. The number of nitrogens with zero attached hydrogens (tertiary/aromatic N) is 1. The van der Waals surface area contributed by atoms with Crippen LogP contribution >= 0.6 is 0 Å². The van der Waals surface area contributed by atoms with Crippen molar-refractivity contribution < 1.29 is 19.1 Å². The van der Waals surface area contributed by atoms with E-state index in [1.807, 2.05) is 36.1 Å². The molecule has 0 aliphatic carbocycles. The normalized spacial score (nSPS) is 12.8. The van der Waals surface area contributed by atoms with E-state index in [1.165, 1.54) is 11.1 Å². The number of esters is 1. The monoisotopic (exact) mass is 409 g/mol. The van der Waals surface area contributed by atoms with Crippen LogP contribution in [0, 0.1) is 13.8 Å². The van der Waals surface area contributed by atoms with E-state index in [1.54, 1.807) is 0 Å². The van der Waals surface area contributed by atoms with Crippen molar-refractivity contribution in [2.24, 2.45) is 0 Å². The van der Waals surface area contributed by atoms with Crippen molar-refractivity contribution in [2.45, 2.75) is 59.4 Å². The molecule has 5 heteroatoms. The minimum atomic E-state index is -0.119. The highest BCUT2D eigenvalue weighted by Gasteiger charge is 2.31. The Kier molecular flexibility index (Phi) is 7.50. The lowest BCUT2D eigenvalue weighted by Crippen LogP contribution is -2.23. The Morgan fingerprint density at radius 1 is 1.03 bits per heavy atom. The number of hydrogen-bond donors (Lipinski definition) is 0. The van der Waals surface area contributed by atoms with Crippen molar-refractivity contribution in [1.82, 2.24) is 0 Å². The molecule has 0 spiro atoms. The maximum absolute atomic E-state index is 12.9. The van der Waals surface area contributed by atoms with Crippen LogP contribution in [0.15, 0.2) is 36.4 Å². The van der Waals surface area contributed by atoms with E-state index in [0.717, 1.165) is 48.2 Å². The number of carbonyl (C=O) groups excluding carboxylic acids is 2. The number of rotatable bonds is 10. The van der Waals surface area contributed by atoms with Gasteiger partial charge >= 0.3 is 5.97 Å². The molecule has 3 rings (SSSR count). The number of benzene rings is 2. The zero-order valence-corrected chi connectivity index (χ0v) is 18.2. The fourth-order valence-corrected chi connectivity index (χ4v) is 3.68. The number of aryl methyl sites for hydroxylation is 2. The first-order valence-electron chi connectivity index (χ1n) is 10.8. The van der Waals surface area contributed by atoms with Crippen LogP contribution in [-0.4, -0.2) is 25.1 Å². The Morgan fingerprint density at radius 3 is 2.60 bits per heavy atom. The molecule has 0 aromatic heterocycles. The van der Waals surface area contributed by atoms with Gasteiger partial charge < -0.3 is 14.4 Å². The van der Waals surface area contributed by atoms with Crippen molar-refractivity contribution in [3.05, 3.63) is 58.7 Å². The molecule has 0 atom stereocenters. The van der Waals surface area contributed by atoms with Gasteiger partial charge in [0.05, 0.1) is 19.8 Å². The molecule has 160 valence electrons. The van der Waals surface area contributed by atoms with Crippen LogP contribution in [0.5, 0.6) is 5.75 Å². The lowest BCUT2D eigenvalue weighted by Gasteiger charge is -2.17. The van der Waals surface area contributed by atoms with Crippen molar-refractivity contribution in [1.29, 1.82) is 0 Å². The van der Waals surface area contributed by atoms with Crippen LogP contribution in [0.3, 0.4) is 0 Å². The van der Waals surface area contributed by atoms with Crippen molar-refractivity contribution in [3.8, 4) is 5.75 Å². The molecule has 0 fully saturated rings. The van der Waals surface area contributed by atoms with Crippen LogP contribution < -0.4 is 9.64 Å². The number of carbonyl (C=O) groups is 2. The standard InChI is InChI=1S/C25H31NO4/c1-4-29-24(27)12-7-5-6-8-15-30-23-11-9-10-21-22(23)17-26(25(21)28)20-14-13-18(2)19(3)16-20/h9-11,13-14,16H,4-8,12,15,17H2,1-3H3. The van der Waals surface area contributed by atoms with Gasteiger partial charge in [0, 0.05) is 23.2 Å². The van der Waals surface area contributed by atoms with Crippen LogP contribution in [0.25, 0.3) is 0 Å². The first kappa shape index (κ1) is 21.9. The van der Waals surface area contributed by atoms with Gasteiger partial charge in [-0.25, -0.2) is 0 Å². The highest BCUT2D eigenvalue weighted by molar-refractivity contribution is 6.10. The van der Waals surface area contributed by atoms with E-state index in [0.29, 0.717) is 26.2 Å². The lowest BCUT2D eigenvalue weighted by molar-refractivity contribution is -0.143. The van der Waals surface area contributed by atoms with Crippen LogP contribution in [-0.2, 0) is 16.1 Å². The summed E-state index contributed by atoms with van der Waals surface area (Å²) in [5.41, 5.74) is 5.00. The number of hydrogen-bond acceptors (Lipinski definition) is 4. The molecule has 1 amide bonds. The minimum Gasteiger partial charge on any atom is -0.493 e. The van der Waals surface area contributed by atoms with Gasteiger partial charge in [0.1, 0.15) is 5.75 Å². The van der Waals surface area contributed by atoms with Gasteiger partial charge in [-0.05, 0) is 69.0 Å². The lowest BCUT2D eigenvalue weighted by atomic mass is 10.1. The maximum atomic E-state index is 12.9. The minimum absolute atomic E-state index is 0.0256. The van der Waals surface area contributed by atoms with Gasteiger partial charge in [0.15, 0.2) is 0 Å². The molecule has 30 heavy (non-hydrogen) atoms. The van der Waals surface area contributed by atoms with E-state index in [2.05, 4.69) is 26.0 Å². The number of ether oxygens (including phenoxy) is 2. The smallest absolute Gasteiger partial charge is 0.305 e. The molecule has 0 N–H and O–H groups in total. The molecule has 2 aromatic rings. The van der Waals surface area contributed by atoms with Crippen LogP contribution in [0.4, 0.5) is 5.69 Å². The molecule has 2 aromatic carbocycles. The quantitative estimate of drug-likeness (QED) is 0.392. The van der Waals surface area contributed by atoms with E-state index in [-0.39, 0.29) is 11.9 Å². The molecular weight excluding hydrogens is 378 g/mol. The van der Waals surface area contributed by atoms with Gasteiger partial charge in [-0.3, -0.25) is 9.59 Å². The summed E-state index contributed by atoms with van der Waals surface area (Å²) in [7, 11) is 0. The zero-order chi connectivity index (χ0) is 21.5. The summed E-state index contributed by atoms with van der Waals surface area (Å²) in [6.07, 6.45) is 4.23. The van der Waals surface area contributed by atoms with Gasteiger partial charge in [-0.1, -0.05) is 25.0 Å². The summed E-state index contributed by atoms with van der Waals surface area (Å²) < 4.78 is 11.0. The third-order valence-electron chi connectivity index (χ3n) is 5.57. The van der Waals surface area contributed by atoms with Crippen molar-refractivity contribution >= 4 is 17.6 Å². The summed E-state index contributed by atoms with van der Waals surface area (Å²) in [6.45, 7) is 7.54. The number of unbranched alkanes of at least 4 members (excludes halogenated alkanes) is 3. The summed E-state index contributed by atoms with van der Waals surface area (Å²) in [5, 5.41) is 0. The maximum Gasteiger partial charge on any atom is 0.305 e. The van der Waals surface area contributed by atoms with Gasteiger partial charge in [0.25, 0.3) is 5.91 Å².